The third-order valence-electron chi connectivity index (χ3n) is 2.91. The summed E-state index contributed by atoms with van der Waals surface area (Å²) < 4.78 is 14.9. The zero-order valence-electron chi connectivity index (χ0n) is 9.53. The lowest BCUT2D eigenvalue weighted by molar-refractivity contribution is 0.626. The zero-order chi connectivity index (χ0) is 12.5. The summed E-state index contributed by atoms with van der Waals surface area (Å²) in [6.07, 6.45) is 1.89. The Morgan fingerprint density at radius 1 is 1.11 bits per heavy atom. The van der Waals surface area contributed by atoms with Crippen molar-refractivity contribution in [3.05, 3.63) is 71.1 Å². The van der Waals surface area contributed by atoms with Crippen molar-refractivity contribution in [2.75, 3.05) is 0 Å². The number of rotatable bonds is 2. The van der Waals surface area contributed by atoms with E-state index in [-0.39, 0.29) is 5.82 Å². The van der Waals surface area contributed by atoms with E-state index in [0.717, 1.165) is 16.5 Å². The minimum Gasteiger partial charge on any atom is -0.342 e. The third-order valence-corrected chi connectivity index (χ3v) is 3.15. The van der Waals surface area contributed by atoms with Crippen molar-refractivity contribution in [3.63, 3.8) is 0 Å². The number of halogens is 2. The van der Waals surface area contributed by atoms with Crippen LogP contribution in [0.3, 0.4) is 0 Å². The van der Waals surface area contributed by atoms with Gasteiger partial charge in [-0.25, -0.2) is 4.39 Å². The minimum absolute atomic E-state index is 0.213. The lowest BCUT2D eigenvalue weighted by atomic mass is 10.2. The average Bonchev–Trinajstić information content (AvgIpc) is 2.74. The third kappa shape index (κ3) is 2.12. The second-order valence-corrected chi connectivity index (χ2v) is 4.63. The van der Waals surface area contributed by atoms with Crippen LogP contribution < -0.4 is 0 Å². The monoisotopic (exact) mass is 258 g/mol. The van der Waals surface area contributed by atoms with Crippen molar-refractivity contribution in [2.45, 2.75) is 6.54 Å². The summed E-state index contributed by atoms with van der Waals surface area (Å²) in [7, 11) is 0. The molecular weight excluding hydrogens is 249 g/mol. The van der Waals surface area contributed by atoms with Crippen LogP contribution in [0, 0.1) is 11.9 Å². The van der Waals surface area contributed by atoms with Crippen LogP contribution in [0.15, 0.2) is 48.7 Å². The van der Waals surface area contributed by atoms with E-state index in [1.807, 2.05) is 24.4 Å². The molecule has 3 heteroatoms. The van der Waals surface area contributed by atoms with Gasteiger partial charge in [-0.15, -0.1) is 0 Å². The number of aromatic nitrogens is 1. The molecule has 1 nitrogen and oxygen atoms in total. The quantitative estimate of drug-likeness (QED) is 0.646. The van der Waals surface area contributed by atoms with Gasteiger partial charge in [-0.3, -0.25) is 0 Å². The maximum atomic E-state index is 12.8. The highest BCUT2D eigenvalue weighted by molar-refractivity contribution is 6.31. The first-order valence-electron chi connectivity index (χ1n) is 5.63. The second kappa shape index (κ2) is 4.46. The highest BCUT2D eigenvalue weighted by Crippen LogP contribution is 2.21. The summed E-state index contributed by atoms with van der Waals surface area (Å²) in [5, 5.41) is 1.70. The molecule has 1 radical (unpaired) electrons. The van der Waals surface area contributed by atoms with E-state index in [4.69, 9.17) is 11.6 Å². The van der Waals surface area contributed by atoms with Crippen molar-refractivity contribution in [1.82, 2.24) is 4.57 Å². The predicted molar refractivity (Wildman–Crippen MR) is 71.3 cm³/mol. The van der Waals surface area contributed by atoms with E-state index in [9.17, 15) is 4.39 Å². The zero-order valence-corrected chi connectivity index (χ0v) is 10.3. The summed E-state index contributed by atoms with van der Waals surface area (Å²) >= 11 is 5.93. The van der Waals surface area contributed by atoms with Crippen molar-refractivity contribution >= 4 is 22.5 Å². The van der Waals surface area contributed by atoms with Gasteiger partial charge in [-0.2, -0.15) is 0 Å². The van der Waals surface area contributed by atoms with Gasteiger partial charge in [0.1, 0.15) is 5.82 Å². The molecule has 0 amide bonds. The van der Waals surface area contributed by atoms with Crippen LogP contribution in [0.2, 0.25) is 5.02 Å². The second-order valence-electron chi connectivity index (χ2n) is 4.19. The molecule has 3 aromatic rings. The minimum atomic E-state index is -0.213. The molecule has 0 atom stereocenters. The molecule has 1 aromatic heterocycles. The summed E-state index contributed by atoms with van der Waals surface area (Å²) in [5.74, 6) is -0.213. The lowest BCUT2D eigenvalue weighted by Crippen LogP contribution is -1.97. The first-order chi connectivity index (χ1) is 8.72. The summed E-state index contributed by atoms with van der Waals surface area (Å²) in [6.45, 7) is 0.696. The van der Waals surface area contributed by atoms with Crippen LogP contribution in [-0.4, -0.2) is 4.57 Å². The molecule has 0 bridgehead atoms. The molecule has 0 aliphatic carbocycles. The Balaban J connectivity index is 1.97. The molecular formula is C15H10ClFN. The molecule has 1 heterocycles. The molecule has 2 aromatic carbocycles. The molecule has 0 saturated carbocycles. The Hall–Kier alpha value is -1.80. The maximum Gasteiger partial charge on any atom is 0.123 e. The topological polar surface area (TPSA) is 4.93 Å². The Kier molecular flexibility index (Phi) is 2.80. The van der Waals surface area contributed by atoms with Gasteiger partial charge in [0, 0.05) is 34.7 Å². The van der Waals surface area contributed by atoms with Crippen molar-refractivity contribution < 1.29 is 4.39 Å². The molecule has 0 N–H and O–H groups in total. The SMILES string of the molecule is Fc1ccc(Cn2c[c]c3cc(Cl)ccc32)cc1. The van der Waals surface area contributed by atoms with Gasteiger partial charge in [-0.1, -0.05) is 23.7 Å². The van der Waals surface area contributed by atoms with Crippen LogP contribution in [0.1, 0.15) is 5.56 Å². The number of hydrogen-bond acceptors (Lipinski definition) is 0. The molecule has 0 aliphatic heterocycles. The standard InChI is InChI=1S/C15H10ClFN/c16-13-3-6-15-12(9-13)7-8-18(15)10-11-1-4-14(17)5-2-11/h1-6,8-9H,10H2. The van der Waals surface area contributed by atoms with Crippen molar-refractivity contribution in [3.8, 4) is 0 Å². The summed E-state index contributed by atoms with van der Waals surface area (Å²) in [4.78, 5) is 0. The molecule has 0 unspecified atom stereocenters. The highest BCUT2D eigenvalue weighted by Gasteiger charge is 2.03. The lowest BCUT2D eigenvalue weighted by Gasteiger charge is -2.05. The Morgan fingerprint density at radius 3 is 2.67 bits per heavy atom. The van der Waals surface area contributed by atoms with Crippen molar-refractivity contribution in [1.29, 1.82) is 0 Å². The Bertz CT molecular complexity index is 685. The Labute approximate surface area is 109 Å². The van der Waals surface area contributed by atoms with Gasteiger partial charge < -0.3 is 4.57 Å². The largest absolute Gasteiger partial charge is 0.342 e. The van der Waals surface area contributed by atoms with Crippen LogP contribution in [0.25, 0.3) is 10.9 Å². The van der Waals surface area contributed by atoms with Crippen LogP contribution in [0.5, 0.6) is 0 Å². The molecule has 3 rings (SSSR count). The number of nitrogens with zero attached hydrogens (tertiary/aromatic N) is 1. The number of benzene rings is 2. The van der Waals surface area contributed by atoms with Gasteiger partial charge >= 0.3 is 0 Å². The fraction of sp³-hybridized carbons (Fsp3) is 0.0667. The van der Waals surface area contributed by atoms with Crippen molar-refractivity contribution in [2.24, 2.45) is 0 Å². The van der Waals surface area contributed by atoms with Gasteiger partial charge in [0.2, 0.25) is 0 Å². The van der Waals surface area contributed by atoms with Gasteiger partial charge in [0.15, 0.2) is 0 Å². The van der Waals surface area contributed by atoms with Crippen LogP contribution in [-0.2, 0) is 6.54 Å². The van der Waals surface area contributed by atoms with Gasteiger partial charge in [-0.05, 0) is 35.9 Å². The first kappa shape index (κ1) is 11.3. The maximum absolute atomic E-state index is 12.8. The average molecular weight is 259 g/mol. The molecule has 0 fully saturated rings. The van der Waals surface area contributed by atoms with E-state index < -0.39 is 0 Å². The van der Waals surface area contributed by atoms with E-state index in [0.29, 0.717) is 11.6 Å². The number of hydrogen-bond donors (Lipinski definition) is 0. The summed E-state index contributed by atoms with van der Waals surface area (Å²) in [5.41, 5.74) is 2.13. The van der Waals surface area contributed by atoms with Crippen LogP contribution >= 0.6 is 11.6 Å². The highest BCUT2D eigenvalue weighted by atomic mass is 35.5. The van der Waals surface area contributed by atoms with E-state index in [1.54, 1.807) is 12.1 Å². The molecule has 89 valence electrons. The first-order valence-corrected chi connectivity index (χ1v) is 6.01. The van der Waals surface area contributed by atoms with E-state index in [1.165, 1.54) is 12.1 Å². The molecule has 18 heavy (non-hydrogen) atoms. The normalized spacial score (nSPS) is 11.0. The number of fused-ring (bicyclic) bond motifs is 1. The van der Waals surface area contributed by atoms with E-state index >= 15 is 0 Å². The molecule has 0 spiro atoms. The summed E-state index contributed by atoms with van der Waals surface area (Å²) in [6, 6.07) is 15.4. The fourth-order valence-electron chi connectivity index (χ4n) is 2.01. The Morgan fingerprint density at radius 2 is 1.89 bits per heavy atom. The fourth-order valence-corrected chi connectivity index (χ4v) is 2.18. The molecule has 0 saturated heterocycles. The smallest absolute Gasteiger partial charge is 0.123 e. The van der Waals surface area contributed by atoms with Crippen LogP contribution in [0.4, 0.5) is 4.39 Å². The molecule has 0 aliphatic rings. The predicted octanol–water partition coefficient (Wildman–Crippen LogP) is 4.28. The van der Waals surface area contributed by atoms with E-state index in [2.05, 4.69) is 10.6 Å². The van der Waals surface area contributed by atoms with Gasteiger partial charge in [0.05, 0.1) is 0 Å². The van der Waals surface area contributed by atoms with Gasteiger partial charge in [0.25, 0.3) is 0 Å².